The van der Waals surface area contributed by atoms with Gasteiger partial charge in [0.2, 0.25) is 5.91 Å². The Labute approximate surface area is 214 Å². The van der Waals surface area contributed by atoms with Crippen molar-refractivity contribution in [2.24, 2.45) is 5.41 Å². The van der Waals surface area contributed by atoms with Crippen LogP contribution in [0, 0.1) is 12.3 Å². The van der Waals surface area contributed by atoms with Gasteiger partial charge in [0.05, 0.1) is 0 Å². The SMILES string of the molecule is CCCCC(NC(=O)c1[nH]c2c(c1C)C(=O)CC(C)(C)C2)C(=O)Nc1cccc(CN2CCCC2)c1. The molecule has 2 amide bonds. The van der Waals surface area contributed by atoms with Gasteiger partial charge in [0.25, 0.3) is 5.91 Å². The summed E-state index contributed by atoms with van der Waals surface area (Å²) in [6, 6.07) is 7.30. The van der Waals surface area contributed by atoms with Gasteiger partial charge < -0.3 is 15.6 Å². The summed E-state index contributed by atoms with van der Waals surface area (Å²) in [6.45, 7) is 11.1. The van der Waals surface area contributed by atoms with Crippen LogP contribution in [0.15, 0.2) is 24.3 Å². The summed E-state index contributed by atoms with van der Waals surface area (Å²) in [5.74, 6) is -0.490. The number of nitrogens with one attached hydrogen (secondary N) is 3. The second-order valence-corrected chi connectivity index (χ2v) is 11.3. The molecular formula is C29H40N4O3. The third-order valence-corrected chi connectivity index (χ3v) is 7.40. The number of fused-ring (bicyclic) bond motifs is 1. The topological polar surface area (TPSA) is 94.3 Å². The van der Waals surface area contributed by atoms with E-state index in [1.54, 1.807) is 0 Å². The minimum atomic E-state index is -0.661. The lowest BCUT2D eigenvalue weighted by atomic mass is 9.75. The Balaban J connectivity index is 1.47. The van der Waals surface area contributed by atoms with Crippen molar-refractivity contribution in [3.8, 4) is 0 Å². The number of hydrogen-bond donors (Lipinski definition) is 3. The molecule has 1 aliphatic heterocycles. The van der Waals surface area contributed by atoms with E-state index in [2.05, 4.69) is 47.4 Å². The van der Waals surface area contributed by atoms with Gasteiger partial charge in [-0.05, 0) is 74.4 Å². The van der Waals surface area contributed by atoms with E-state index >= 15 is 0 Å². The third kappa shape index (κ3) is 6.06. The normalized spacial score (nSPS) is 18.1. The van der Waals surface area contributed by atoms with Gasteiger partial charge in [-0.3, -0.25) is 19.3 Å². The molecular weight excluding hydrogens is 452 g/mol. The third-order valence-electron chi connectivity index (χ3n) is 7.40. The minimum Gasteiger partial charge on any atom is -0.354 e. The molecule has 1 aromatic carbocycles. The highest BCUT2D eigenvalue weighted by molar-refractivity contribution is 6.06. The highest BCUT2D eigenvalue weighted by atomic mass is 16.2. The van der Waals surface area contributed by atoms with E-state index in [1.807, 2.05) is 25.1 Å². The van der Waals surface area contributed by atoms with Gasteiger partial charge in [0.1, 0.15) is 11.7 Å². The molecule has 2 aromatic rings. The first-order chi connectivity index (χ1) is 17.2. The summed E-state index contributed by atoms with van der Waals surface area (Å²) in [5.41, 5.74) is 4.30. The van der Waals surface area contributed by atoms with E-state index < -0.39 is 6.04 Å². The molecule has 1 atom stereocenters. The quantitative estimate of drug-likeness (QED) is 0.459. The molecule has 0 bridgehead atoms. The summed E-state index contributed by atoms with van der Waals surface area (Å²) >= 11 is 0. The largest absolute Gasteiger partial charge is 0.354 e. The second-order valence-electron chi connectivity index (χ2n) is 11.3. The van der Waals surface area contributed by atoms with Gasteiger partial charge >= 0.3 is 0 Å². The second kappa shape index (κ2) is 11.0. The summed E-state index contributed by atoms with van der Waals surface area (Å²) in [4.78, 5) is 44.9. The molecule has 2 heterocycles. The van der Waals surface area contributed by atoms with Gasteiger partial charge in [0, 0.05) is 29.9 Å². The van der Waals surface area contributed by atoms with E-state index in [1.165, 1.54) is 18.4 Å². The summed E-state index contributed by atoms with van der Waals surface area (Å²) in [7, 11) is 0. The van der Waals surface area contributed by atoms with Gasteiger partial charge in [0.15, 0.2) is 5.78 Å². The van der Waals surface area contributed by atoms with E-state index in [4.69, 9.17) is 0 Å². The Hall–Kier alpha value is -2.93. The number of rotatable bonds is 9. The van der Waals surface area contributed by atoms with Crippen molar-refractivity contribution in [2.45, 2.75) is 85.2 Å². The van der Waals surface area contributed by atoms with Crippen LogP contribution in [0.1, 0.15) is 97.0 Å². The molecule has 1 fully saturated rings. The zero-order valence-corrected chi connectivity index (χ0v) is 22.1. The fraction of sp³-hybridized carbons (Fsp3) is 0.552. The lowest BCUT2D eigenvalue weighted by Gasteiger charge is -2.28. The number of likely N-dealkylation sites (tertiary alicyclic amines) is 1. The van der Waals surface area contributed by atoms with Crippen LogP contribution < -0.4 is 10.6 Å². The first-order valence-electron chi connectivity index (χ1n) is 13.3. The number of nitrogens with zero attached hydrogens (tertiary/aromatic N) is 1. The zero-order chi connectivity index (χ0) is 25.9. The number of aromatic nitrogens is 1. The summed E-state index contributed by atoms with van der Waals surface area (Å²) in [6.07, 6.45) is 5.96. The number of anilines is 1. The average molecular weight is 493 g/mol. The predicted octanol–water partition coefficient (Wildman–Crippen LogP) is 5.00. The van der Waals surface area contributed by atoms with Crippen LogP contribution in [0.3, 0.4) is 0 Å². The van der Waals surface area contributed by atoms with Crippen LogP contribution in [0.5, 0.6) is 0 Å². The van der Waals surface area contributed by atoms with E-state index in [-0.39, 0.29) is 23.0 Å². The minimum absolute atomic E-state index is 0.0724. The van der Waals surface area contributed by atoms with E-state index in [9.17, 15) is 14.4 Å². The molecule has 1 saturated heterocycles. The van der Waals surface area contributed by atoms with Crippen LogP contribution in [-0.2, 0) is 17.8 Å². The van der Waals surface area contributed by atoms with Crippen LogP contribution in [-0.4, -0.2) is 46.6 Å². The Bertz CT molecular complexity index is 1130. The standard InChI is InChI=1S/C29H40N4O3/c1-5-6-12-22(27(35)30-21-11-9-10-20(15-21)18-33-13-7-8-14-33)32-28(36)26-19(2)25-23(31-26)16-29(3,4)17-24(25)34/h9-11,15,22,31H,5-8,12-14,16-18H2,1-4H3,(H,30,35)(H,32,36). The van der Waals surface area contributed by atoms with Crippen molar-refractivity contribution in [1.82, 2.24) is 15.2 Å². The van der Waals surface area contributed by atoms with Crippen LogP contribution in [0.2, 0.25) is 0 Å². The monoisotopic (exact) mass is 492 g/mol. The van der Waals surface area contributed by atoms with Crippen molar-refractivity contribution in [3.63, 3.8) is 0 Å². The molecule has 36 heavy (non-hydrogen) atoms. The van der Waals surface area contributed by atoms with Gasteiger partial charge in [-0.15, -0.1) is 0 Å². The lowest BCUT2D eigenvalue weighted by molar-refractivity contribution is -0.118. The number of unbranched alkanes of at least 4 members (excludes halogenated alkanes) is 1. The fourth-order valence-corrected chi connectivity index (χ4v) is 5.54. The van der Waals surface area contributed by atoms with Gasteiger partial charge in [-0.25, -0.2) is 0 Å². The maximum Gasteiger partial charge on any atom is 0.268 e. The Kier molecular flexibility index (Phi) is 7.98. The van der Waals surface area contributed by atoms with Crippen LogP contribution in [0.25, 0.3) is 0 Å². The number of carbonyl (C=O) groups excluding carboxylic acids is 3. The maximum atomic E-state index is 13.3. The maximum absolute atomic E-state index is 13.3. The molecule has 194 valence electrons. The fourth-order valence-electron chi connectivity index (χ4n) is 5.54. The van der Waals surface area contributed by atoms with Gasteiger partial charge in [-0.1, -0.05) is 45.7 Å². The Morgan fingerprint density at radius 3 is 2.64 bits per heavy atom. The number of benzene rings is 1. The van der Waals surface area contributed by atoms with E-state index in [0.717, 1.165) is 50.3 Å². The van der Waals surface area contributed by atoms with Crippen molar-refractivity contribution in [2.75, 3.05) is 18.4 Å². The first-order valence-corrected chi connectivity index (χ1v) is 13.3. The number of ketones is 1. The number of Topliss-reactive ketones (excluding diaryl/α,β-unsaturated/α-hetero) is 1. The Morgan fingerprint density at radius 1 is 1.17 bits per heavy atom. The molecule has 3 N–H and O–H groups in total. The molecule has 1 unspecified atom stereocenters. The molecule has 0 spiro atoms. The smallest absolute Gasteiger partial charge is 0.268 e. The zero-order valence-electron chi connectivity index (χ0n) is 22.1. The summed E-state index contributed by atoms with van der Waals surface area (Å²) in [5, 5.41) is 5.96. The highest BCUT2D eigenvalue weighted by Crippen LogP contribution is 2.36. The lowest BCUT2D eigenvalue weighted by Crippen LogP contribution is -2.44. The van der Waals surface area contributed by atoms with Crippen molar-refractivity contribution >= 4 is 23.3 Å². The molecule has 2 aliphatic rings. The van der Waals surface area contributed by atoms with Crippen LogP contribution in [0.4, 0.5) is 5.69 Å². The molecule has 1 aliphatic carbocycles. The van der Waals surface area contributed by atoms with Crippen molar-refractivity contribution in [3.05, 3.63) is 52.3 Å². The number of hydrogen-bond acceptors (Lipinski definition) is 4. The molecule has 0 saturated carbocycles. The highest BCUT2D eigenvalue weighted by Gasteiger charge is 2.35. The van der Waals surface area contributed by atoms with Crippen molar-refractivity contribution < 1.29 is 14.4 Å². The summed E-state index contributed by atoms with van der Waals surface area (Å²) < 4.78 is 0. The number of amides is 2. The number of carbonyl (C=O) groups is 3. The Morgan fingerprint density at radius 2 is 1.92 bits per heavy atom. The van der Waals surface area contributed by atoms with Crippen molar-refractivity contribution in [1.29, 1.82) is 0 Å². The van der Waals surface area contributed by atoms with Gasteiger partial charge in [-0.2, -0.15) is 0 Å². The van der Waals surface area contributed by atoms with Crippen LogP contribution >= 0.6 is 0 Å². The molecule has 4 rings (SSSR count). The average Bonchev–Trinajstić information content (AvgIpc) is 3.43. The first kappa shape index (κ1) is 26.1. The predicted molar refractivity (Wildman–Crippen MR) is 142 cm³/mol. The number of H-pyrrole nitrogens is 1. The number of aromatic amines is 1. The molecule has 0 radical (unpaired) electrons. The van der Waals surface area contributed by atoms with E-state index in [0.29, 0.717) is 29.7 Å². The molecule has 7 nitrogen and oxygen atoms in total. The molecule has 7 heteroatoms. The molecule has 1 aromatic heterocycles.